The molecule has 7 heteroatoms. The van der Waals surface area contributed by atoms with Crippen LogP contribution < -0.4 is 10.1 Å². The molecule has 30 heavy (non-hydrogen) atoms. The molecule has 6 nitrogen and oxygen atoms in total. The molecule has 2 aromatic carbocycles. The van der Waals surface area contributed by atoms with Crippen molar-refractivity contribution in [2.45, 2.75) is 26.1 Å². The maximum absolute atomic E-state index is 14.4. The number of aryl methyl sites for hydroxylation is 1. The number of rotatable bonds is 5. The largest absolute Gasteiger partial charge is 0.484 e. The summed E-state index contributed by atoms with van der Waals surface area (Å²) in [4.78, 5) is 23.0. The monoisotopic (exact) mass is 406 g/mol. The van der Waals surface area contributed by atoms with Gasteiger partial charge in [-0.2, -0.15) is 0 Å². The number of carbonyl (C=O) groups excluding carboxylic acids is 1. The van der Waals surface area contributed by atoms with Gasteiger partial charge in [-0.25, -0.2) is 4.39 Å². The average Bonchev–Trinajstić information content (AvgIpc) is 2.92. The molecule has 0 fully saturated rings. The summed E-state index contributed by atoms with van der Waals surface area (Å²) in [6.07, 6.45) is 2.81. The summed E-state index contributed by atoms with van der Waals surface area (Å²) < 4.78 is 20.6. The number of halogens is 1. The maximum atomic E-state index is 14.4. The Labute approximate surface area is 174 Å². The minimum atomic E-state index is -0.509. The first-order valence-corrected chi connectivity index (χ1v) is 9.84. The molecular weight excluding hydrogens is 383 g/mol. The molecule has 1 aliphatic rings. The van der Waals surface area contributed by atoms with Crippen molar-refractivity contribution in [1.82, 2.24) is 20.2 Å². The van der Waals surface area contributed by atoms with Crippen molar-refractivity contribution in [1.29, 1.82) is 0 Å². The SMILES string of the molecule is Cc1cnc(CNC(=O)CN2Cc3ccccc3OC(c3ccccc3F)C2)cn1. The van der Waals surface area contributed by atoms with Crippen LogP contribution >= 0.6 is 0 Å². The van der Waals surface area contributed by atoms with E-state index in [0.717, 1.165) is 11.3 Å². The fourth-order valence-electron chi connectivity index (χ4n) is 3.46. The van der Waals surface area contributed by atoms with Crippen LogP contribution in [0.4, 0.5) is 4.39 Å². The Hall–Kier alpha value is -3.32. The molecule has 1 atom stereocenters. The fraction of sp³-hybridized carbons (Fsp3) is 0.261. The maximum Gasteiger partial charge on any atom is 0.234 e. The summed E-state index contributed by atoms with van der Waals surface area (Å²) in [6.45, 7) is 3.28. The molecule has 1 amide bonds. The number of nitrogens with zero attached hydrogens (tertiary/aromatic N) is 3. The number of carbonyl (C=O) groups is 1. The minimum Gasteiger partial charge on any atom is -0.484 e. The number of ether oxygens (including phenoxy) is 1. The van der Waals surface area contributed by atoms with Crippen molar-refractivity contribution in [3.8, 4) is 5.75 Å². The normalized spacial score (nSPS) is 16.3. The van der Waals surface area contributed by atoms with Gasteiger partial charge in [0, 0.05) is 30.4 Å². The van der Waals surface area contributed by atoms with Crippen molar-refractivity contribution in [2.24, 2.45) is 0 Å². The Morgan fingerprint density at radius 1 is 1.17 bits per heavy atom. The summed E-state index contributed by atoms with van der Waals surface area (Å²) in [5.74, 6) is 0.261. The van der Waals surface area contributed by atoms with Gasteiger partial charge in [-0.05, 0) is 19.1 Å². The number of hydrogen-bond acceptors (Lipinski definition) is 5. The molecule has 0 bridgehead atoms. The first-order valence-electron chi connectivity index (χ1n) is 9.84. The van der Waals surface area contributed by atoms with Crippen molar-refractivity contribution >= 4 is 5.91 Å². The number of para-hydroxylation sites is 1. The molecule has 0 radical (unpaired) electrons. The Bertz CT molecular complexity index is 1030. The van der Waals surface area contributed by atoms with Crippen molar-refractivity contribution < 1.29 is 13.9 Å². The van der Waals surface area contributed by atoms with Crippen LogP contribution in [0.3, 0.4) is 0 Å². The smallest absolute Gasteiger partial charge is 0.234 e. The van der Waals surface area contributed by atoms with E-state index < -0.39 is 6.10 Å². The van der Waals surface area contributed by atoms with Gasteiger partial charge in [0.2, 0.25) is 5.91 Å². The van der Waals surface area contributed by atoms with E-state index in [0.29, 0.717) is 36.6 Å². The second-order valence-electron chi connectivity index (χ2n) is 7.33. The molecule has 1 N–H and O–H groups in total. The second-order valence-corrected chi connectivity index (χ2v) is 7.33. The third-order valence-electron chi connectivity index (χ3n) is 4.98. The van der Waals surface area contributed by atoms with Crippen LogP contribution in [0.15, 0.2) is 60.9 Å². The van der Waals surface area contributed by atoms with Crippen LogP contribution in [-0.4, -0.2) is 33.9 Å². The first-order chi connectivity index (χ1) is 14.6. The van der Waals surface area contributed by atoms with Crippen LogP contribution in [0, 0.1) is 12.7 Å². The van der Waals surface area contributed by atoms with Crippen LogP contribution in [0.25, 0.3) is 0 Å². The summed E-state index contributed by atoms with van der Waals surface area (Å²) in [5.41, 5.74) is 2.97. The molecule has 4 rings (SSSR count). The van der Waals surface area contributed by atoms with Crippen molar-refractivity contribution in [3.63, 3.8) is 0 Å². The van der Waals surface area contributed by atoms with E-state index in [1.807, 2.05) is 36.1 Å². The summed E-state index contributed by atoms with van der Waals surface area (Å²) in [7, 11) is 0. The zero-order valence-electron chi connectivity index (χ0n) is 16.7. The highest BCUT2D eigenvalue weighted by molar-refractivity contribution is 5.78. The number of fused-ring (bicyclic) bond motifs is 1. The number of aromatic nitrogens is 2. The van der Waals surface area contributed by atoms with Gasteiger partial charge in [-0.15, -0.1) is 0 Å². The third kappa shape index (κ3) is 4.80. The molecule has 1 aromatic heterocycles. The lowest BCUT2D eigenvalue weighted by Gasteiger charge is -2.24. The number of nitrogens with one attached hydrogen (secondary N) is 1. The highest BCUT2D eigenvalue weighted by Gasteiger charge is 2.27. The van der Waals surface area contributed by atoms with E-state index in [9.17, 15) is 9.18 Å². The molecule has 2 heterocycles. The van der Waals surface area contributed by atoms with Gasteiger partial charge >= 0.3 is 0 Å². The highest BCUT2D eigenvalue weighted by atomic mass is 19.1. The number of benzene rings is 2. The standard InChI is InChI=1S/C23H23FN4O2/c1-16-10-26-18(11-25-16)12-27-23(29)15-28-13-17-6-2-5-9-21(17)30-22(14-28)19-7-3-4-8-20(19)24/h2-11,22H,12-15H2,1H3,(H,27,29). The molecule has 1 unspecified atom stereocenters. The topological polar surface area (TPSA) is 67.4 Å². The molecule has 1 aliphatic heterocycles. The van der Waals surface area contributed by atoms with E-state index in [1.165, 1.54) is 6.07 Å². The highest BCUT2D eigenvalue weighted by Crippen LogP contribution is 2.31. The van der Waals surface area contributed by atoms with Crippen LogP contribution in [0.5, 0.6) is 5.75 Å². The predicted molar refractivity (Wildman–Crippen MR) is 110 cm³/mol. The quantitative estimate of drug-likeness (QED) is 0.705. The van der Waals surface area contributed by atoms with Crippen LogP contribution in [0.2, 0.25) is 0 Å². The lowest BCUT2D eigenvalue weighted by atomic mass is 10.1. The Kier molecular flexibility index (Phi) is 5.99. The van der Waals surface area contributed by atoms with E-state index in [1.54, 1.807) is 30.6 Å². The predicted octanol–water partition coefficient (Wildman–Crippen LogP) is 3.18. The molecule has 154 valence electrons. The molecule has 0 saturated heterocycles. The first kappa shape index (κ1) is 20.0. The number of amides is 1. The minimum absolute atomic E-state index is 0.135. The lowest BCUT2D eigenvalue weighted by Crippen LogP contribution is -2.38. The van der Waals surface area contributed by atoms with Gasteiger partial charge in [-0.3, -0.25) is 19.7 Å². The zero-order chi connectivity index (χ0) is 20.9. The molecule has 0 aliphatic carbocycles. The van der Waals surface area contributed by atoms with Gasteiger partial charge in [-0.1, -0.05) is 36.4 Å². The summed E-state index contributed by atoms with van der Waals surface area (Å²) in [6, 6.07) is 14.3. The fourth-order valence-corrected chi connectivity index (χ4v) is 3.46. The Morgan fingerprint density at radius 2 is 1.97 bits per heavy atom. The van der Waals surface area contributed by atoms with E-state index >= 15 is 0 Å². The van der Waals surface area contributed by atoms with E-state index in [-0.39, 0.29) is 18.3 Å². The van der Waals surface area contributed by atoms with Gasteiger partial charge in [0.05, 0.1) is 30.7 Å². The van der Waals surface area contributed by atoms with Crippen LogP contribution in [-0.2, 0) is 17.9 Å². The third-order valence-corrected chi connectivity index (χ3v) is 4.98. The van der Waals surface area contributed by atoms with Crippen molar-refractivity contribution in [3.05, 3.63) is 89.3 Å². The Morgan fingerprint density at radius 3 is 2.77 bits per heavy atom. The zero-order valence-corrected chi connectivity index (χ0v) is 16.7. The molecule has 0 saturated carbocycles. The average molecular weight is 406 g/mol. The van der Waals surface area contributed by atoms with Crippen LogP contribution in [0.1, 0.15) is 28.6 Å². The van der Waals surface area contributed by atoms with Gasteiger partial charge < -0.3 is 10.1 Å². The number of hydrogen-bond donors (Lipinski definition) is 1. The van der Waals surface area contributed by atoms with E-state index in [4.69, 9.17) is 4.74 Å². The van der Waals surface area contributed by atoms with Gasteiger partial charge in [0.15, 0.2) is 0 Å². The molecule has 3 aromatic rings. The molecular formula is C23H23FN4O2. The van der Waals surface area contributed by atoms with Gasteiger partial charge in [0.25, 0.3) is 0 Å². The Balaban J connectivity index is 1.48. The lowest BCUT2D eigenvalue weighted by molar-refractivity contribution is -0.122. The summed E-state index contributed by atoms with van der Waals surface area (Å²) in [5, 5.41) is 2.88. The molecule has 0 spiro atoms. The second kappa shape index (κ2) is 9.00. The van der Waals surface area contributed by atoms with Crippen molar-refractivity contribution in [2.75, 3.05) is 13.1 Å². The summed E-state index contributed by atoms with van der Waals surface area (Å²) >= 11 is 0. The van der Waals surface area contributed by atoms with E-state index in [2.05, 4.69) is 15.3 Å². The van der Waals surface area contributed by atoms with Gasteiger partial charge in [0.1, 0.15) is 17.7 Å².